The Hall–Kier alpha value is -1.58. The molecule has 0 unspecified atom stereocenters. The zero-order chi connectivity index (χ0) is 16.3. The van der Waals surface area contributed by atoms with Crippen molar-refractivity contribution in [2.75, 3.05) is 32.5 Å². The van der Waals surface area contributed by atoms with E-state index < -0.39 is 10.0 Å². The molecule has 2 rings (SSSR count). The second-order valence-electron chi connectivity index (χ2n) is 5.27. The highest BCUT2D eigenvalue weighted by molar-refractivity contribution is 7.88. The summed E-state index contributed by atoms with van der Waals surface area (Å²) in [6, 6.07) is 1.83. The molecule has 1 aromatic rings. The second-order valence-corrected chi connectivity index (χ2v) is 7.11. The van der Waals surface area contributed by atoms with Gasteiger partial charge in [0.25, 0.3) is 0 Å². The average Bonchev–Trinajstić information content (AvgIpc) is 2.43. The number of hydrogen-bond acceptors (Lipinski definition) is 6. The summed E-state index contributed by atoms with van der Waals surface area (Å²) in [5.74, 6) is 0.377. The van der Waals surface area contributed by atoms with Crippen LogP contribution in [0.5, 0.6) is 0 Å². The molecule has 122 valence electrons. The fourth-order valence-corrected chi connectivity index (χ4v) is 2.66. The van der Waals surface area contributed by atoms with Crippen LogP contribution in [0.2, 0.25) is 0 Å². The summed E-state index contributed by atoms with van der Waals surface area (Å²) in [6.45, 7) is 4.60. The van der Waals surface area contributed by atoms with E-state index in [-0.39, 0.29) is 18.6 Å². The van der Waals surface area contributed by atoms with E-state index in [9.17, 15) is 13.2 Å². The zero-order valence-corrected chi connectivity index (χ0v) is 13.7. The predicted octanol–water partition coefficient (Wildman–Crippen LogP) is -0.457. The van der Waals surface area contributed by atoms with E-state index in [2.05, 4.69) is 14.7 Å². The number of carbonyl (C=O) groups is 1. The van der Waals surface area contributed by atoms with E-state index in [4.69, 9.17) is 4.74 Å². The van der Waals surface area contributed by atoms with Gasteiger partial charge < -0.3 is 9.64 Å². The summed E-state index contributed by atoms with van der Waals surface area (Å²) in [4.78, 5) is 22.2. The molecular formula is C13H20N4O4S. The minimum Gasteiger partial charge on any atom is -0.368 e. The summed E-state index contributed by atoms with van der Waals surface area (Å²) in [5.41, 5.74) is 1.58. The van der Waals surface area contributed by atoms with Crippen molar-refractivity contribution in [3.63, 3.8) is 0 Å². The van der Waals surface area contributed by atoms with Crippen molar-refractivity contribution in [1.82, 2.24) is 19.6 Å². The van der Waals surface area contributed by atoms with E-state index in [0.717, 1.165) is 17.6 Å². The van der Waals surface area contributed by atoms with E-state index >= 15 is 0 Å². The van der Waals surface area contributed by atoms with E-state index in [1.165, 1.54) is 0 Å². The van der Waals surface area contributed by atoms with Gasteiger partial charge in [0.1, 0.15) is 11.9 Å². The Morgan fingerprint density at radius 2 is 2.18 bits per heavy atom. The van der Waals surface area contributed by atoms with Gasteiger partial charge in [-0.3, -0.25) is 4.79 Å². The van der Waals surface area contributed by atoms with Gasteiger partial charge in [0.15, 0.2) is 0 Å². The number of ether oxygens (including phenoxy) is 1. The Morgan fingerprint density at radius 3 is 2.82 bits per heavy atom. The first-order valence-electron chi connectivity index (χ1n) is 6.91. The molecule has 22 heavy (non-hydrogen) atoms. The van der Waals surface area contributed by atoms with Gasteiger partial charge in [0.2, 0.25) is 15.9 Å². The molecule has 0 radical (unpaired) electrons. The molecule has 8 nitrogen and oxygen atoms in total. The summed E-state index contributed by atoms with van der Waals surface area (Å²) in [7, 11) is -3.38. The van der Waals surface area contributed by atoms with Crippen molar-refractivity contribution in [1.29, 1.82) is 0 Å². The van der Waals surface area contributed by atoms with Crippen molar-refractivity contribution in [3.05, 3.63) is 23.3 Å². The molecule has 1 amide bonds. The number of carbonyl (C=O) groups excluding carboxylic acids is 1. The van der Waals surface area contributed by atoms with Crippen LogP contribution in [0, 0.1) is 13.8 Å². The van der Waals surface area contributed by atoms with Crippen LogP contribution in [0.4, 0.5) is 0 Å². The molecule has 1 atom stereocenters. The highest BCUT2D eigenvalue weighted by atomic mass is 32.2. The van der Waals surface area contributed by atoms with Crippen LogP contribution >= 0.6 is 0 Å². The van der Waals surface area contributed by atoms with Gasteiger partial charge in [-0.25, -0.2) is 23.1 Å². The quantitative estimate of drug-likeness (QED) is 0.803. The maximum atomic E-state index is 12.1. The van der Waals surface area contributed by atoms with Crippen molar-refractivity contribution in [3.8, 4) is 0 Å². The van der Waals surface area contributed by atoms with Crippen LogP contribution in [0.25, 0.3) is 0 Å². The number of hydrogen-bond donors (Lipinski definition) is 1. The minimum atomic E-state index is -3.38. The molecule has 1 aliphatic rings. The fourth-order valence-electron chi connectivity index (χ4n) is 2.27. The summed E-state index contributed by atoms with van der Waals surface area (Å²) in [5, 5.41) is 0. The summed E-state index contributed by atoms with van der Waals surface area (Å²) < 4.78 is 30.0. The van der Waals surface area contributed by atoms with Crippen LogP contribution in [0.1, 0.15) is 23.3 Å². The number of aryl methyl sites for hydroxylation is 2. The minimum absolute atomic E-state index is 0.243. The predicted molar refractivity (Wildman–Crippen MR) is 79.6 cm³/mol. The number of nitrogens with zero attached hydrogens (tertiary/aromatic N) is 3. The summed E-state index contributed by atoms with van der Waals surface area (Å²) >= 11 is 0. The van der Waals surface area contributed by atoms with Gasteiger partial charge >= 0.3 is 0 Å². The van der Waals surface area contributed by atoms with Crippen LogP contribution in [-0.2, 0) is 19.6 Å². The lowest BCUT2D eigenvalue weighted by atomic mass is 10.1. The monoisotopic (exact) mass is 328 g/mol. The van der Waals surface area contributed by atoms with E-state index in [1.54, 1.807) is 11.8 Å². The molecule has 2 heterocycles. The Kier molecular flexibility index (Phi) is 5.09. The van der Waals surface area contributed by atoms with E-state index in [1.807, 2.05) is 13.0 Å². The lowest BCUT2D eigenvalue weighted by Crippen LogP contribution is -2.46. The highest BCUT2D eigenvalue weighted by Gasteiger charge is 2.26. The van der Waals surface area contributed by atoms with Crippen LogP contribution in [-0.4, -0.2) is 61.7 Å². The first kappa shape index (κ1) is 16.8. The molecule has 0 aliphatic carbocycles. The SMILES string of the molecule is Cc1cc([C@@H]2CN(C(=O)CNS(C)(=O)=O)CCO2)nc(C)n1. The number of rotatable bonds is 4. The maximum Gasteiger partial charge on any atom is 0.237 e. The third-order valence-corrected chi connectivity index (χ3v) is 3.89. The Labute approximate surface area is 129 Å². The number of aromatic nitrogens is 2. The van der Waals surface area contributed by atoms with Gasteiger partial charge in [0.05, 0.1) is 31.6 Å². The fraction of sp³-hybridized carbons (Fsp3) is 0.615. The molecule has 1 saturated heterocycles. The Morgan fingerprint density at radius 1 is 1.45 bits per heavy atom. The van der Waals surface area contributed by atoms with Crippen molar-refractivity contribution >= 4 is 15.9 Å². The van der Waals surface area contributed by atoms with Crippen molar-refractivity contribution in [2.45, 2.75) is 20.0 Å². The van der Waals surface area contributed by atoms with Crippen molar-refractivity contribution < 1.29 is 17.9 Å². The summed E-state index contributed by atoms with van der Waals surface area (Å²) in [6.07, 6.45) is 0.700. The molecule has 1 aromatic heterocycles. The average molecular weight is 328 g/mol. The standard InChI is InChI=1S/C13H20N4O4S/c1-9-6-11(16-10(2)15-9)12-8-17(4-5-21-12)13(18)7-14-22(3,19)20/h6,12,14H,4-5,7-8H2,1-3H3/t12-/m0/s1. The first-order valence-corrected chi connectivity index (χ1v) is 8.80. The molecule has 0 aromatic carbocycles. The molecule has 1 N–H and O–H groups in total. The van der Waals surface area contributed by atoms with Crippen LogP contribution in [0.3, 0.4) is 0 Å². The molecule has 1 fully saturated rings. The molecule has 9 heteroatoms. The first-order chi connectivity index (χ1) is 10.2. The normalized spacial score (nSPS) is 19.2. The molecule has 0 bridgehead atoms. The van der Waals surface area contributed by atoms with Crippen LogP contribution in [0.15, 0.2) is 6.07 Å². The number of sulfonamides is 1. The molecule has 1 aliphatic heterocycles. The lowest BCUT2D eigenvalue weighted by Gasteiger charge is -2.32. The zero-order valence-electron chi connectivity index (χ0n) is 12.9. The van der Waals surface area contributed by atoms with Gasteiger partial charge in [-0.15, -0.1) is 0 Å². The Balaban J connectivity index is 2.03. The molecule has 0 saturated carbocycles. The van der Waals surface area contributed by atoms with Crippen LogP contribution < -0.4 is 4.72 Å². The Bertz CT molecular complexity index is 642. The van der Waals surface area contributed by atoms with Gasteiger partial charge in [0, 0.05) is 12.2 Å². The highest BCUT2D eigenvalue weighted by Crippen LogP contribution is 2.21. The third-order valence-electron chi connectivity index (χ3n) is 3.22. The number of morpholine rings is 1. The number of amides is 1. The van der Waals surface area contributed by atoms with Gasteiger partial charge in [-0.05, 0) is 19.9 Å². The second kappa shape index (κ2) is 6.67. The molecular weight excluding hydrogens is 308 g/mol. The topological polar surface area (TPSA) is 101 Å². The van der Waals surface area contributed by atoms with Gasteiger partial charge in [-0.1, -0.05) is 0 Å². The lowest BCUT2D eigenvalue weighted by molar-refractivity contribution is -0.137. The largest absolute Gasteiger partial charge is 0.368 e. The van der Waals surface area contributed by atoms with E-state index in [0.29, 0.717) is 25.5 Å². The number of nitrogens with one attached hydrogen (secondary N) is 1. The molecule has 0 spiro atoms. The van der Waals surface area contributed by atoms with Crippen molar-refractivity contribution in [2.24, 2.45) is 0 Å². The maximum absolute atomic E-state index is 12.1. The third kappa shape index (κ3) is 4.72. The smallest absolute Gasteiger partial charge is 0.237 e. The van der Waals surface area contributed by atoms with Gasteiger partial charge in [-0.2, -0.15) is 0 Å².